The number of carbonyl (C=O) groups is 1. The van der Waals surface area contributed by atoms with Crippen LogP contribution in [0.15, 0.2) is 24.5 Å². The third kappa shape index (κ3) is 4.36. The van der Waals surface area contributed by atoms with Crippen LogP contribution < -0.4 is 5.32 Å². The molecule has 1 fully saturated rings. The lowest BCUT2D eigenvalue weighted by Crippen LogP contribution is -2.22. The van der Waals surface area contributed by atoms with Crippen molar-refractivity contribution < 1.29 is 4.79 Å². The lowest BCUT2D eigenvalue weighted by atomic mass is 10.2. The normalized spacial score (nSPS) is 15.0. The second-order valence-corrected chi connectivity index (χ2v) is 6.94. The summed E-state index contributed by atoms with van der Waals surface area (Å²) < 4.78 is 0. The summed E-state index contributed by atoms with van der Waals surface area (Å²) in [6.07, 6.45) is 7.01. The Bertz CT molecular complexity index is 650. The largest absolute Gasteiger partial charge is 0.347 e. The minimum absolute atomic E-state index is 0.0377. The summed E-state index contributed by atoms with van der Waals surface area (Å²) in [4.78, 5) is 24.1. The number of rotatable bonds is 6. The summed E-state index contributed by atoms with van der Waals surface area (Å²) in [5.74, 6) is -0.0377. The van der Waals surface area contributed by atoms with Crippen LogP contribution in [-0.2, 0) is 13.0 Å². The minimum atomic E-state index is -0.0377. The molecule has 0 aromatic carbocycles. The van der Waals surface area contributed by atoms with Crippen molar-refractivity contribution in [3.05, 3.63) is 45.7 Å². The van der Waals surface area contributed by atoms with Crippen molar-refractivity contribution >= 4 is 17.2 Å². The molecule has 1 aliphatic rings. The zero-order valence-corrected chi connectivity index (χ0v) is 14.2. The van der Waals surface area contributed by atoms with Crippen LogP contribution in [0.5, 0.6) is 0 Å². The van der Waals surface area contributed by atoms with E-state index in [2.05, 4.69) is 20.2 Å². The number of pyridine rings is 1. The van der Waals surface area contributed by atoms with Crippen LogP contribution in [0.25, 0.3) is 0 Å². The zero-order valence-electron chi connectivity index (χ0n) is 13.4. The number of thiazole rings is 1. The highest BCUT2D eigenvalue weighted by Crippen LogP contribution is 2.19. The molecular formula is C17H22N4OS. The average Bonchev–Trinajstić information content (AvgIpc) is 3.21. The molecule has 5 nitrogen and oxygen atoms in total. The van der Waals surface area contributed by atoms with Crippen molar-refractivity contribution in [2.75, 3.05) is 19.6 Å². The highest BCUT2D eigenvalue weighted by atomic mass is 32.1. The second kappa shape index (κ2) is 7.66. The molecule has 122 valence electrons. The van der Waals surface area contributed by atoms with E-state index >= 15 is 0 Å². The first kappa shape index (κ1) is 16.1. The van der Waals surface area contributed by atoms with E-state index in [1.54, 1.807) is 12.4 Å². The third-order valence-corrected chi connectivity index (χ3v) is 5.31. The highest BCUT2D eigenvalue weighted by Gasteiger charge is 2.17. The van der Waals surface area contributed by atoms with Gasteiger partial charge in [-0.15, -0.1) is 11.3 Å². The Morgan fingerprint density at radius 1 is 1.30 bits per heavy atom. The predicted octanol–water partition coefficient (Wildman–Crippen LogP) is 2.41. The molecule has 1 saturated heterocycles. The summed E-state index contributed by atoms with van der Waals surface area (Å²) in [5, 5.41) is 4.02. The van der Waals surface area contributed by atoms with Gasteiger partial charge < -0.3 is 10.2 Å². The molecule has 0 atom stereocenters. The van der Waals surface area contributed by atoms with Gasteiger partial charge in [0.05, 0.1) is 10.7 Å². The number of likely N-dealkylation sites (tertiary alicyclic amines) is 1. The van der Waals surface area contributed by atoms with Gasteiger partial charge in [0.25, 0.3) is 5.91 Å². The molecule has 0 saturated carbocycles. The van der Waals surface area contributed by atoms with Gasteiger partial charge in [0.15, 0.2) is 0 Å². The van der Waals surface area contributed by atoms with Crippen LogP contribution in [0.4, 0.5) is 0 Å². The summed E-state index contributed by atoms with van der Waals surface area (Å²) in [6.45, 7) is 5.87. The van der Waals surface area contributed by atoms with E-state index in [0.29, 0.717) is 6.54 Å². The first-order valence-electron chi connectivity index (χ1n) is 8.08. The molecule has 0 spiro atoms. The van der Waals surface area contributed by atoms with Gasteiger partial charge in [-0.2, -0.15) is 0 Å². The lowest BCUT2D eigenvalue weighted by Gasteiger charge is -2.12. The van der Waals surface area contributed by atoms with Crippen LogP contribution in [0.1, 0.15) is 38.8 Å². The van der Waals surface area contributed by atoms with Gasteiger partial charge in [0.2, 0.25) is 0 Å². The van der Waals surface area contributed by atoms with E-state index in [1.165, 1.54) is 37.3 Å². The average molecular weight is 330 g/mol. The fourth-order valence-corrected chi connectivity index (χ4v) is 3.76. The fraction of sp³-hybridized carbons (Fsp3) is 0.471. The summed E-state index contributed by atoms with van der Waals surface area (Å²) >= 11 is 1.52. The Labute approximate surface area is 140 Å². The van der Waals surface area contributed by atoms with Crippen molar-refractivity contribution in [1.29, 1.82) is 0 Å². The monoisotopic (exact) mass is 330 g/mol. The van der Waals surface area contributed by atoms with Crippen LogP contribution in [0.2, 0.25) is 0 Å². The first-order valence-corrected chi connectivity index (χ1v) is 8.90. The molecule has 2 aromatic rings. The standard InChI is InChI=1S/C17H22N4OS/c1-13-16(17(22)19-12-14-4-7-18-8-5-14)23-15(20-13)6-11-21-9-2-3-10-21/h4-5,7-8H,2-3,6,9-12H2,1H3,(H,19,22). The third-order valence-electron chi connectivity index (χ3n) is 4.09. The molecule has 3 rings (SSSR count). The summed E-state index contributed by atoms with van der Waals surface area (Å²) in [6, 6.07) is 3.81. The van der Waals surface area contributed by atoms with Gasteiger partial charge in [0, 0.05) is 31.9 Å². The zero-order chi connectivity index (χ0) is 16.1. The van der Waals surface area contributed by atoms with Crippen molar-refractivity contribution in [1.82, 2.24) is 20.2 Å². The van der Waals surface area contributed by atoms with E-state index in [9.17, 15) is 4.79 Å². The Hall–Kier alpha value is -1.79. The topological polar surface area (TPSA) is 58.1 Å². The van der Waals surface area contributed by atoms with Gasteiger partial charge in [0.1, 0.15) is 4.88 Å². The molecule has 0 radical (unpaired) electrons. The van der Waals surface area contributed by atoms with Gasteiger partial charge in [-0.05, 0) is 50.6 Å². The Kier molecular flexibility index (Phi) is 5.35. The molecular weight excluding hydrogens is 308 g/mol. The summed E-state index contributed by atoms with van der Waals surface area (Å²) in [7, 11) is 0. The number of nitrogens with one attached hydrogen (secondary N) is 1. The smallest absolute Gasteiger partial charge is 0.263 e. The number of hydrogen-bond donors (Lipinski definition) is 1. The van der Waals surface area contributed by atoms with Gasteiger partial charge in [-0.1, -0.05) is 0 Å². The van der Waals surface area contributed by atoms with Crippen LogP contribution in [0, 0.1) is 6.92 Å². The van der Waals surface area contributed by atoms with Crippen molar-refractivity contribution in [2.45, 2.75) is 32.7 Å². The number of amides is 1. The Morgan fingerprint density at radius 2 is 2.04 bits per heavy atom. The van der Waals surface area contributed by atoms with E-state index in [-0.39, 0.29) is 5.91 Å². The molecule has 0 bridgehead atoms. The fourth-order valence-electron chi connectivity index (χ4n) is 2.79. The van der Waals surface area contributed by atoms with Crippen molar-refractivity contribution in [2.24, 2.45) is 0 Å². The maximum absolute atomic E-state index is 12.3. The van der Waals surface area contributed by atoms with Gasteiger partial charge >= 0.3 is 0 Å². The molecule has 2 aromatic heterocycles. The molecule has 1 aliphatic heterocycles. The second-order valence-electron chi connectivity index (χ2n) is 5.86. The SMILES string of the molecule is Cc1nc(CCN2CCCC2)sc1C(=O)NCc1ccncc1. The Morgan fingerprint density at radius 3 is 2.78 bits per heavy atom. The molecule has 1 N–H and O–H groups in total. The molecule has 6 heteroatoms. The van der Waals surface area contributed by atoms with Gasteiger partial charge in [-0.25, -0.2) is 4.98 Å². The minimum Gasteiger partial charge on any atom is -0.347 e. The van der Waals surface area contributed by atoms with Gasteiger partial charge in [-0.3, -0.25) is 9.78 Å². The summed E-state index contributed by atoms with van der Waals surface area (Å²) in [5.41, 5.74) is 1.88. The molecule has 23 heavy (non-hydrogen) atoms. The van der Waals surface area contributed by atoms with E-state index in [4.69, 9.17) is 0 Å². The number of carbonyl (C=O) groups excluding carboxylic acids is 1. The number of aryl methyl sites for hydroxylation is 1. The van der Waals surface area contributed by atoms with E-state index in [0.717, 1.165) is 34.1 Å². The van der Waals surface area contributed by atoms with Crippen LogP contribution in [0.3, 0.4) is 0 Å². The first-order chi connectivity index (χ1) is 11.2. The molecule has 1 amide bonds. The number of nitrogens with zero attached hydrogens (tertiary/aromatic N) is 3. The Balaban J connectivity index is 1.55. The van der Waals surface area contributed by atoms with Crippen molar-refractivity contribution in [3.63, 3.8) is 0 Å². The van der Waals surface area contributed by atoms with E-state index < -0.39 is 0 Å². The maximum Gasteiger partial charge on any atom is 0.263 e. The quantitative estimate of drug-likeness (QED) is 0.884. The molecule has 3 heterocycles. The lowest BCUT2D eigenvalue weighted by molar-refractivity contribution is 0.0954. The molecule has 0 unspecified atom stereocenters. The van der Waals surface area contributed by atoms with E-state index in [1.807, 2.05) is 19.1 Å². The van der Waals surface area contributed by atoms with Crippen LogP contribution in [-0.4, -0.2) is 40.4 Å². The van der Waals surface area contributed by atoms with Crippen LogP contribution >= 0.6 is 11.3 Å². The number of hydrogen-bond acceptors (Lipinski definition) is 5. The maximum atomic E-state index is 12.3. The molecule has 0 aliphatic carbocycles. The number of aromatic nitrogens is 2. The predicted molar refractivity (Wildman–Crippen MR) is 91.6 cm³/mol. The highest BCUT2D eigenvalue weighted by molar-refractivity contribution is 7.13. The van der Waals surface area contributed by atoms with Crippen molar-refractivity contribution in [3.8, 4) is 0 Å².